The van der Waals surface area contributed by atoms with E-state index in [-0.39, 0.29) is 28.4 Å². The minimum Gasteiger partial charge on any atom is -0.378 e. The SMILES string of the molecule is CC1CCC(C)(C=CC(=O)NC2CCOC3(CCOC3)C2)C1(C)C. The molecule has 24 heavy (non-hydrogen) atoms. The molecule has 4 atom stereocenters. The second-order valence-corrected chi connectivity index (χ2v) is 8.94. The van der Waals surface area contributed by atoms with Crippen LogP contribution in [0.25, 0.3) is 0 Å². The monoisotopic (exact) mass is 335 g/mol. The molecule has 3 rings (SSSR count). The van der Waals surface area contributed by atoms with E-state index in [1.807, 2.05) is 0 Å². The Labute approximate surface area is 146 Å². The van der Waals surface area contributed by atoms with E-state index in [1.165, 1.54) is 6.42 Å². The molecule has 0 aromatic carbocycles. The Balaban J connectivity index is 1.57. The first kappa shape index (κ1) is 17.9. The van der Waals surface area contributed by atoms with Crippen molar-refractivity contribution in [2.75, 3.05) is 19.8 Å². The van der Waals surface area contributed by atoms with E-state index < -0.39 is 0 Å². The average Bonchev–Trinajstić information content (AvgIpc) is 3.05. The lowest BCUT2D eigenvalue weighted by Crippen LogP contribution is -2.48. The molecule has 1 N–H and O–H groups in total. The molecule has 2 heterocycles. The molecule has 2 aliphatic heterocycles. The maximum absolute atomic E-state index is 12.4. The molecule has 3 aliphatic rings. The third kappa shape index (κ3) is 3.28. The number of rotatable bonds is 3. The lowest BCUT2D eigenvalue weighted by molar-refractivity contribution is -0.121. The van der Waals surface area contributed by atoms with Gasteiger partial charge in [0.1, 0.15) is 0 Å². The molecular formula is C20H33NO3. The highest BCUT2D eigenvalue weighted by Gasteiger charge is 2.48. The summed E-state index contributed by atoms with van der Waals surface area (Å²) in [5.74, 6) is 0.723. The third-order valence-electron chi connectivity index (χ3n) is 7.31. The Bertz CT molecular complexity index is 507. The van der Waals surface area contributed by atoms with E-state index in [4.69, 9.17) is 9.47 Å². The van der Waals surface area contributed by atoms with Crippen molar-refractivity contribution in [1.29, 1.82) is 0 Å². The molecule has 0 radical (unpaired) electrons. The van der Waals surface area contributed by atoms with Gasteiger partial charge in [0.2, 0.25) is 5.91 Å². The zero-order valence-corrected chi connectivity index (χ0v) is 15.7. The molecule has 1 saturated carbocycles. The van der Waals surface area contributed by atoms with E-state index in [0.29, 0.717) is 19.1 Å². The lowest BCUT2D eigenvalue weighted by Gasteiger charge is -2.39. The van der Waals surface area contributed by atoms with Gasteiger partial charge in [-0.1, -0.05) is 33.8 Å². The van der Waals surface area contributed by atoms with Crippen molar-refractivity contribution in [3.63, 3.8) is 0 Å². The van der Waals surface area contributed by atoms with Crippen molar-refractivity contribution in [3.8, 4) is 0 Å². The maximum Gasteiger partial charge on any atom is 0.243 e. The Hall–Kier alpha value is -0.870. The molecule has 4 unspecified atom stereocenters. The largest absolute Gasteiger partial charge is 0.378 e. The Morgan fingerprint density at radius 1 is 1.17 bits per heavy atom. The fourth-order valence-electron chi connectivity index (χ4n) is 4.58. The van der Waals surface area contributed by atoms with Crippen LogP contribution in [-0.2, 0) is 14.3 Å². The predicted octanol–water partition coefficient (Wildman–Crippen LogP) is 3.46. The zero-order valence-electron chi connectivity index (χ0n) is 15.7. The molecule has 0 bridgehead atoms. The Kier molecular flexibility index (Phi) is 4.82. The van der Waals surface area contributed by atoms with Crippen LogP contribution in [0.1, 0.15) is 59.8 Å². The van der Waals surface area contributed by atoms with Gasteiger partial charge in [-0.15, -0.1) is 0 Å². The quantitative estimate of drug-likeness (QED) is 0.804. The Morgan fingerprint density at radius 3 is 2.58 bits per heavy atom. The highest BCUT2D eigenvalue weighted by Crippen LogP contribution is 2.56. The summed E-state index contributed by atoms with van der Waals surface area (Å²) in [7, 11) is 0. The number of carbonyl (C=O) groups excluding carboxylic acids is 1. The van der Waals surface area contributed by atoms with Crippen LogP contribution in [0.4, 0.5) is 0 Å². The summed E-state index contributed by atoms with van der Waals surface area (Å²) in [5.41, 5.74) is 0.169. The average molecular weight is 335 g/mol. The van der Waals surface area contributed by atoms with Crippen LogP contribution in [0, 0.1) is 16.7 Å². The van der Waals surface area contributed by atoms with Crippen molar-refractivity contribution in [3.05, 3.63) is 12.2 Å². The van der Waals surface area contributed by atoms with Crippen LogP contribution in [0.5, 0.6) is 0 Å². The van der Waals surface area contributed by atoms with Gasteiger partial charge in [0, 0.05) is 25.7 Å². The second kappa shape index (κ2) is 6.45. The van der Waals surface area contributed by atoms with Crippen molar-refractivity contribution >= 4 is 5.91 Å². The van der Waals surface area contributed by atoms with Gasteiger partial charge >= 0.3 is 0 Å². The topological polar surface area (TPSA) is 47.6 Å². The molecule has 136 valence electrons. The number of allylic oxidation sites excluding steroid dienone is 1. The summed E-state index contributed by atoms with van der Waals surface area (Å²) in [6.45, 7) is 11.4. The fraction of sp³-hybridized carbons (Fsp3) is 0.850. The Morgan fingerprint density at radius 2 is 1.96 bits per heavy atom. The molecule has 2 saturated heterocycles. The van der Waals surface area contributed by atoms with E-state index in [0.717, 1.165) is 32.3 Å². The van der Waals surface area contributed by atoms with E-state index in [9.17, 15) is 4.79 Å². The van der Waals surface area contributed by atoms with Gasteiger partial charge in [0.25, 0.3) is 0 Å². The molecular weight excluding hydrogens is 302 g/mol. The molecule has 1 amide bonds. The first-order chi connectivity index (χ1) is 11.3. The minimum absolute atomic E-state index is 0.0348. The van der Waals surface area contributed by atoms with Crippen molar-refractivity contribution in [1.82, 2.24) is 5.32 Å². The van der Waals surface area contributed by atoms with E-state index in [2.05, 4.69) is 39.1 Å². The van der Waals surface area contributed by atoms with Gasteiger partial charge in [-0.3, -0.25) is 4.79 Å². The molecule has 3 fully saturated rings. The summed E-state index contributed by atoms with van der Waals surface area (Å²) in [6.07, 6.45) is 9.01. The van der Waals surface area contributed by atoms with Crippen LogP contribution in [-0.4, -0.2) is 37.4 Å². The molecule has 0 aromatic heterocycles. The smallest absolute Gasteiger partial charge is 0.243 e. The normalized spacial score (nSPS) is 42.0. The van der Waals surface area contributed by atoms with Gasteiger partial charge < -0.3 is 14.8 Å². The highest BCUT2D eigenvalue weighted by molar-refractivity contribution is 5.87. The van der Waals surface area contributed by atoms with E-state index in [1.54, 1.807) is 6.08 Å². The zero-order chi connectivity index (χ0) is 17.4. The van der Waals surface area contributed by atoms with Crippen molar-refractivity contribution < 1.29 is 14.3 Å². The molecule has 4 heteroatoms. The lowest BCUT2D eigenvalue weighted by atomic mass is 9.66. The number of amides is 1. The van der Waals surface area contributed by atoms with Gasteiger partial charge in [-0.05, 0) is 48.5 Å². The highest BCUT2D eigenvalue weighted by atomic mass is 16.6. The number of hydrogen-bond donors (Lipinski definition) is 1. The van der Waals surface area contributed by atoms with Gasteiger partial charge in [0.05, 0.1) is 12.2 Å². The van der Waals surface area contributed by atoms with Crippen LogP contribution in [0.3, 0.4) is 0 Å². The standard InChI is InChI=1S/C20H33NO3/c1-15-5-8-19(4,18(15,2)3)9-6-17(22)21-16-7-11-24-20(13-16)10-12-23-14-20/h6,9,15-16H,5,7-8,10-14H2,1-4H3,(H,21,22). The van der Waals surface area contributed by atoms with Gasteiger partial charge in [-0.25, -0.2) is 0 Å². The van der Waals surface area contributed by atoms with Crippen molar-refractivity contribution in [2.45, 2.75) is 71.4 Å². The molecule has 0 aromatic rings. The summed E-state index contributed by atoms with van der Waals surface area (Å²) < 4.78 is 11.4. The maximum atomic E-state index is 12.4. The summed E-state index contributed by atoms with van der Waals surface area (Å²) in [4.78, 5) is 12.4. The van der Waals surface area contributed by atoms with Gasteiger partial charge in [0.15, 0.2) is 0 Å². The molecule has 1 spiro atoms. The predicted molar refractivity (Wildman–Crippen MR) is 94.7 cm³/mol. The number of hydrogen-bond acceptors (Lipinski definition) is 3. The summed E-state index contributed by atoms with van der Waals surface area (Å²) >= 11 is 0. The van der Waals surface area contributed by atoms with Gasteiger partial charge in [-0.2, -0.15) is 0 Å². The van der Waals surface area contributed by atoms with Crippen LogP contribution >= 0.6 is 0 Å². The summed E-state index contributed by atoms with van der Waals surface area (Å²) in [5, 5.41) is 3.19. The van der Waals surface area contributed by atoms with Crippen LogP contribution in [0.2, 0.25) is 0 Å². The molecule has 4 nitrogen and oxygen atoms in total. The minimum atomic E-state index is -0.158. The van der Waals surface area contributed by atoms with Crippen LogP contribution in [0.15, 0.2) is 12.2 Å². The van der Waals surface area contributed by atoms with E-state index >= 15 is 0 Å². The van der Waals surface area contributed by atoms with Crippen molar-refractivity contribution in [2.24, 2.45) is 16.7 Å². The summed E-state index contributed by atoms with van der Waals surface area (Å²) in [6, 6.07) is 0.195. The molecule has 1 aliphatic carbocycles. The first-order valence-corrected chi connectivity index (χ1v) is 9.48. The number of nitrogens with one attached hydrogen (secondary N) is 1. The first-order valence-electron chi connectivity index (χ1n) is 9.48. The second-order valence-electron chi connectivity index (χ2n) is 8.94. The number of ether oxygens (including phenoxy) is 2. The third-order valence-corrected chi connectivity index (χ3v) is 7.31. The number of carbonyl (C=O) groups is 1. The fourth-order valence-corrected chi connectivity index (χ4v) is 4.58. The van der Waals surface area contributed by atoms with Crippen LogP contribution < -0.4 is 5.32 Å².